The maximum Gasteiger partial charge on any atom is 0.332 e. The van der Waals surface area contributed by atoms with E-state index in [0.29, 0.717) is 5.02 Å². The van der Waals surface area contributed by atoms with Crippen LogP contribution in [0.15, 0.2) is 24.4 Å². The van der Waals surface area contributed by atoms with Crippen LogP contribution in [0.5, 0.6) is 0 Å². The summed E-state index contributed by atoms with van der Waals surface area (Å²) in [6, 6.07) is 5.29. The van der Waals surface area contributed by atoms with E-state index in [1.54, 1.807) is 24.4 Å². The van der Waals surface area contributed by atoms with Gasteiger partial charge in [0.15, 0.2) is 6.10 Å². The van der Waals surface area contributed by atoms with E-state index < -0.39 is 12.1 Å². The third-order valence-electron chi connectivity index (χ3n) is 2.43. The van der Waals surface area contributed by atoms with Crippen molar-refractivity contribution < 1.29 is 15.0 Å². The minimum Gasteiger partial charge on any atom is -0.479 e. The standard InChI is InChI=1S/C11H10ClNO3/c12-7-1-2-8-6(3-10(14)11(15)16)5-13-9(8)4-7/h1-2,4-5,10,13-14H,3H2,(H,15,16)/t10-/m0/s1. The lowest BCUT2D eigenvalue weighted by atomic mass is 10.1. The Balaban J connectivity index is 2.35. The van der Waals surface area contributed by atoms with Gasteiger partial charge in [-0.15, -0.1) is 0 Å². The summed E-state index contributed by atoms with van der Waals surface area (Å²) in [7, 11) is 0. The monoisotopic (exact) mass is 239 g/mol. The van der Waals surface area contributed by atoms with Gasteiger partial charge in [0.1, 0.15) is 0 Å². The Morgan fingerprint density at radius 2 is 2.25 bits per heavy atom. The fourth-order valence-electron chi connectivity index (χ4n) is 1.62. The van der Waals surface area contributed by atoms with E-state index in [4.69, 9.17) is 16.7 Å². The van der Waals surface area contributed by atoms with E-state index in [2.05, 4.69) is 4.98 Å². The molecule has 3 N–H and O–H groups in total. The van der Waals surface area contributed by atoms with Gasteiger partial charge in [0.2, 0.25) is 0 Å². The van der Waals surface area contributed by atoms with Crippen molar-refractivity contribution in [3.63, 3.8) is 0 Å². The Labute approximate surface area is 96.5 Å². The van der Waals surface area contributed by atoms with Crippen LogP contribution in [-0.2, 0) is 11.2 Å². The highest BCUT2D eigenvalue weighted by Crippen LogP contribution is 2.22. The molecule has 1 heterocycles. The molecule has 16 heavy (non-hydrogen) atoms. The van der Waals surface area contributed by atoms with Gasteiger partial charge in [-0.2, -0.15) is 0 Å². The highest BCUT2D eigenvalue weighted by Gasteiger charge is 2.16. The summed E-state index contributed by atoms with van der Waals surface area (Å²) in [5.41, 5.74) is 1.60. The van der Waals surface area contributed by atoms with Crippen molar-refractivity contribution in [1.29, 1.82) is 0 Å². The van der Waals surface area contributed by atoms with Crippen LogP contribution in [0, 0.1) is 0 Å². The van der Waals surface area contributed by atoms with Gasteiger partial charge in [-0.25, -0.2) is 4.79 Å². The number of H-pyrrole nitrogens is 1. The molecule has 0 amide bonds. The van der Waals surface area contributed by atoms with Crippen LogP contribution < -0.4 is 0 Å². The van der Waals surface area contributed by atoms with E-state index in [-0.39, 0.29) is 6.42 Å². The normalized spacial score (nSPS) is 12.9. The van der Waals surface area contributed by atoms with E-state index in [9.17, 15) is 9.90 Å². The number of rotatable bonds is 3. The lowest BCUT2D eigenvalue weighted by molar-refractivity contribution is -0.146. The summed E-state index contributed by atoms with van der Waals surface area (Å²) in [6.45, 7) is 0. The number of aliphatic hydroxyl groups is 1. The van der Waals surface area contributed by atoms with Crippen LogP contribution in [0.25, 0.3) is 10.9 Å². The van der Waals surface area contributed by atoms with Gasteiger partial charge in [0.05, 0.1) is 0 Å². The predicted octanol–water partition coefficient (Wildman–Crippen LogP) is 1.81. The molecule has 0 aliphatic rings. The van der Waals surface area contributed by atoms with E-state index in [0.717, 1.165) is 16.5 Å². The number of hydrogen-bond donors (Lipinski definition) is 3. The number of aromatic amines is 1. The zero-order chi connectivity index (χ0) is 11.7. The predicted molar refractivity (Wildman–Crippen MR) is 60.7 cm³/mol. The van der Waals surface area contributed by atoms with Gasteiger partial charge >= 0.3 is 5.97 Å². The molecule has 2 rings (SSSR count). The third-order valence-corrected chi connectivity index (χ3v) is 2.66. The zero-order valence-electron chi connectivity index (χ0n) is 8.27. The molecule has 1 aromatic carbocycles. The fourth-order valence-corrected chi connectivity index (χ4v) is 1.80. The molecule has 0 saturated carbocycles. The highest BCUT2D eigenvalue weighted by molar-refractivity contribution is 6.31. The molecule has 2 aromatic rings. The van der Waals surface area contributed by atoms with Gasteiger partial charge in [-0.3, -0.25) is 0 Å². The van der Waals surface area contributed by atoms with E-state index in [1.807, 2.05) is 0 Å². The van der Waals surface area contributed by atoms with Crippen LogP contribution in [0.4, 0.5) is 0 Å². The van der Waals surface area contributed by atoms with Crippen molar-refractivity contribution in [2.45, 2.75) is 12.5 Å². The minimum atomic E-state index is -1.38. The topological polar surface area (TPSA) is 73.3 Å². The largest absolute Gasteiger partial charge is 0.479 e. The number of carboxylic acids is 1. The Morgan fingerprint density at radius 1 is 1.50 bits per heavy atom. The highest BCUT2D eigenvalue weighted by atomic mass is 35.5. The first-order chi connectivity index (χ1) is 7.58. The number of carbonyl (C=O) groups is 1. The lowest BCUT2D eigenvalue weighted by Crippen LogP contribution is -2.21. The van der Waals surface area contributed by atoms with Gasteiger partial charge in [-0.1, -0.05) is 17.7 Å². The van der Waals surface area contributed by atoms with Crippen molar-refractivity contribution in [3.8, 4) is 0 Å². The Hall–Kier alpha value is -1.52. The molecular formula is C11H10ClNO3. The molecule has 1 aromatic heterocycles. The fraction of sp³-hybridized carbons (Fsp3) is 0.182. The van der Waals surface area contributed by atoms with Crippen LogP contribution in [-0.4, -0.2) is 27.3 Å². The van der Waals surface area contributed by atoms with Gasteiger partial charge < -0.3 is 15.2 Å². The first kappa shape index (κ1) is 11.0. The molecular weight excluding hydrogens is 230 g/mol. The lowest BCUT2D eigenvalue weighted by Gasteiger charge is -2.03. The van der Waals surface area contributed by atoms with Crippen molar-refractivity contribution in [1.82, 2.24) is 4.98 Å². The molecule has 0 aliphatic heterocycles. The van der Waals surface area contributed by atoms with Crippen LogP contribution >= 0.6 is 11.6 Å². The molecule has 0 bridgehead atoms. The van der Waals surface area contributed by atoms with E-state index >= 15 is 0 Å². The number of halogens is 1. The van der Waals surface area contributed by atoms with Gasteiger partial charge in [0, 0.05) is 28.5 Å². The molecule has 0 aliphatic carbocycles. The number of fused-ring (bicyclic) bond motifs is 1. The average Bonchev–Trinajstić information content (AvgIpc) is 2.60. The first-order valence-electron chi connectivity index (χ1n) is 4.74. The van der Waals surface area contributed by atoms with Crippen molar-refractivity contribution in [2.24, 2.45) is 0 Å². The molecule has 0 radical (unpaired) electrons. The number of carboxylic acid groups (broad SMARTS) is 1. The summed E-state index contributed by atoms with van der Waals surface area (Å²) < 4.78 is 0. The second-order valence-electron chi connectivity index (χ2n) is 3.56. The number of nitrogens with one attached hydrogen (secondary N) is 1. The molecule has 84 valence electrons. The smallest absolute Gasteiger partial charge is 0.332 e. The summed E-state index contributed by atoms with van der Waals surface area (Å²) in [4.78, 5) is 13.5. The Morgan fingerprint density at radius 3 is 2.94 bits per heavy atom. The summed E-state index contributed by atoms with van der Waals surface area (Å²) in [6.07, 6.45) is 0.388. The molecule has 0 fully saturated rings. The minimum absolute atomic E-state index is 0.0803. The quantitative estimate of drug-likeness (QED) is 0.765. The van der Waals surface area contributed by atoms with Crippen LogP contribution in [0.2, 0.25) is 5.02 Å². The maximum absolute atomic E-state index is 10.5. The second kappa shape index (κ2) is 4.15. The number of hydrogen-bond acceptors (Lipinski definition) is 2. The second-order valence-corrected chi connectivity index (χ2v) is 4.00. The zero-order valence-corrected chi connectivity index (χ0v) is 9.03. The van der Waals surface area contributed by atoms with Crippen molar-refractivity contribution in [3.05, 3.63) is 35.0 Å². The summed E-state index contributed by atoms with van der Waals surface area (Å²) >= 11 is 5.82. The number of aliphatic hydroxyl groups excluding tert-OH is 1. The van der Waals surface area contributed by atoms with Gasteiger partial charge in [-0.05, 0) is 17.7 Å². The van der Waals surface area contributed by atoms with Crippen LogP contribution in [0.3, 0.4) is 0 Å². The SMILES string of the molecule is O=C(O)[C@@H](O)Cc1c[nH]c2cc(Cl)ccc12. The maximum atomic E-state index is 10.5. The van der Waals surface area contributed by atoms with Crippen molar-refractivity contribution >= 4 is 28.5 Å². The summed E-state index contributed by atoms with van der Waals surface area (Å²) in [5.74, 6) is -1.22. The first-order valence-corrected chi connectivity index (χ1v) is 5.12. The van der Waals surface area contributed by atoms with E-state index in [1.165, 1.54) is 0 Å². The number of benzene rings is 1. The molecule has 0 spiro atoms. The molecule has 5 heteroatoms. The number of aromatic nitrogens is 1. The average molecular weight is 240 g/mol. The summed E-state index contributed by atoms with van der Waals surface area (Å²) in [5, 5.41) is 19.4. The van der Waals surface area contributed by atoms with Crippen molar-refractivity contribution in [2.75, 3.05) is 0 Å². The number of aliphatic carboxylic acids is 1. The Kier molecular flexibility index (Phi) is 2.85. The molecule has 4 nitrogen and oxygen atoms in total. The molecule has 1 atom stereocenters. The molecule has 0 unspecified atom stereocenters. The Bertz CT molecular complexity index is 535. The molecule has 0 saturated heterocycles. The van der Waals surface area contributed by atoms with Crippen LogP contribution in [0.1, 0.15) is 5.56 Å². The van der Waals surface area contributed by atoms with Gasteiger partial charge in [0.25, 0.3) is 0 Å². The third kappa shape index (κ3) is 2.03.